The largest absolute Gasteiger partial charge is 0.463 e. The van der Waals surface area contributed by atoms with Crippen LogP contribution in [-0.2, 0) is 23.4 Å². The van der Waals surface area contributed by atoms with Gasteiger partial charge in [0.25, 0.3) is 0 Å². The van der Waals surface area contributed by atoms with Crippen molar-refractivity contribution in [2.75, 3.05) is 18.5 Å². The van der Waals surface area contributed by atoms with Crippen LogP contribution < -0.4 is 10.3 Å². The molecule has 214 valence electrons. The Balaban J connectivity index is 1.69. The van der Waals surface area contributed by atoms with Gasteiger partial charge in [-0.25, -0.2) is 14.5 Å². The number of alkyl halides is 1. The predicted octanol–water partition coefficient (Wildman–Crippen LogP) is 3.72. The molecule has 1 saturated heterocycles. The second-order valence-corrected chi connectivity index (χ2v) is 12.0. The zero-order valence-corrected chi connectivity index (χ0v) is 24.0. The Morgan fingerprint density at radius 3 is 2.75 bits per heavy atom. The summed E-state index contributed by atoms with van der Waals surface area (Å²) < 4.78 is 55.2. The summed E-state index contributed by atoms with van der Waals surface area (Å²) in [6, 6.07) is 7.88. The molecule has 3 aromatic rings. The second-order valence-electron chi connectivity index (χ2n) is 9.22. The van der Waals surface area contributed by atoms with E-state index < -0.39 is 61.6 Å². The molecule has 6 atom stereocenters. The van der Waals surface area contributed by atoms with Crippen LogP contribution in [-0.4, -0.2) is 66.5 Å². The quantitative estimate of drug-likeness (QED) is 0.148. The molecule has 3 N–H and O–H groups in total. The maximum Gasteiger partial charge on any atom is 0.380 e. The van der Waals surface area contributed by atoms with E-state index in [2.05, 4.69) is 26.3 Å². The monoisotopic (exact) mass is 613 g/mol. The van der Waals surface area contributed by atoms with Gasteiger partial charge in [-0.15, -0.1) is 0 Å². The van der Waals surface area contributed by atoms with Crippen molar-refractivity contribution in [2.45, 2.75) is 50.2 Å². The summed E-state index contributed by atoms with van der Waals surface area (Å²) >= 11 is 12.4. The van der Waals surface area contributed by atoms with Gasteiger partial charge in [-0.1, -0.05) is 42.6 Å². The van der Waals surface area contributed by atoms with Crippen LogP contribution in [0, 0.1) is 17.2 Å². The Morgan fingerprint density at radius 2 is 2.08 bits per heavy atom. The van der Waals surface area contributed by atoms with Gasteiger partial charge in [0.15, 0.2) is 16.7 Å². The van der Waals surface area contributed by atoms with Crippen LogP contribution in [0.5, 0.6) is 5.75 Å². The number of aliphatic hydroxyl groups is 1. The second kappa shape index (κ2) is 12.3. The number of nitrogens with two attached hydrogens (primary N) is 1. The number of esters is 1. The van der Waals surface area contributed by atoms with Crippen LogP contribution in [0.4, 0.5) is 5.95 Å². The Bertz CT molecular complexity index is 1550. The molecule has 0 aliphatic carbocycles. The van der Waals surface area contributed by atoms with Crippen molar-refractivity contribution in [3.8, 4) is 17.0 Å². The number of para-hydroxylation sites is 1. The van der Waals surface area contributed by atoms with E-state index in [9.17, 15) is 14.5 Å². The van der Waals surface area contributed by atoms with Crippen molar-refractivity contribution in [3.63, 3.8) is 0 Å². The van der Waals surface area contributed by atoms with Crippen molar-refractivity contribution in [1.82, 2.24) is 19.5 Å². The first-order valence-corrected chi connectivity index (χ1v) is 14.5. The number of hydrogen-bond donors (Lipinski definition) is 2. The Morgan fingerprint density at radius 1 is 1.35 bits per heavy atom. The number of rotatable bonds is 10. The summed E-state index contributed by atoms with van der Waals surface area (Å²) in [4.78, 5) is 22.6. The van der Waals surface area contributed by atoms with Crippen LogP contribution in [0.3, 0.4) is 0 Å². The molecule has 15 heteroatoms. The Hall–Kier alpha value is -2.91. The highest BCUT2D eigenvalue weighted by Crippen LogP contribution is 2.52. The summed E-state index contributed by atoms with van der Waals surface area (Å²) in [6.07, 6.45) is -3.62. The number of anilines is 1. The SMILES string of the molecule is [2H]C([2H])(O[P@@](=O)(C[C@@H](C)C(=O)OC(C)C)Oc1ccccc1)[C@H]1O[C@@H](n2cnc3cnc(N)nc32)C(Cl)(C#CCl)[C@H]1O. The highest BCUT2D eigenvalue weighted by atomic mass is 35.5. The average Bonchev–Trinajstić information content (AvgIpc) is 3.41. The molecule has 12 nitrogen and oxygen atoms in total. The summed E-state index contributed by atoms with van der Waals surface area (Å²) in [7, 11) is -4.51. The summed E-state index contributed by atoms with van der Waals surface area (Å²) in [5, 5.41) is 13.4. The number of nitrogen functional groups attached to an aromatic ring is 1. The molecule has 0 saturated carbocycles. The van der Waals surface area contributed by atoms with Gasteiger partial charge in [0, 0.05) is 5.38 Å². The molecular weight excluding hydrogens is 584 g/mol. The molecule has 1 aliphatic rings. The number of nitrogens with zero attached hydrogens (tertiary/aromatic N) is 4. The molecule has 4 rings (SSSR count). The zero-order chi connectivity index (χ0) is 30.9. The van der Waals surface area contributed by atoms with Crippen LogP contribution in [0.15, 0.2) is 42.9 Å². The molecule has 0 amide bonds. The maximum absolute atomic E-state index is 14.1. The minimum Gasteiger partial charge on any atom is -0.463 e. The van der Waals surface area contributed by atoms with E-state index in [4.69, 9.17) is 50.2 Å². The molecule has 1 aliphatic heterocycles. The lowest BCUT2D eigenvalue weighted by molar-refractivity contribution is -0.151. The molecule has 1 unspecified atom stereocenters. The molecule has 2 aromatic heterocycles. The van der Waals surface area contributed by atoms with Crippen LogP contribution in [0.1, 0.15) is 29.7 Å². The number of carbonyl (C=O) groups excluding carboxylic acids is 1. The highest BCUT2D eigenvalue weighted by molar-refractivity contribution is 7.54. The number of aliphatic hydroxyl groups excluding tert-OH is 1. The van der Waals surface area contributed by atoms with E-state index in [1.54, 1.807) is 32.0 Å². The van der Waals surface area contributed by atoms with E-state index in [-0.39, 0.29) is 17.3 Å². The maximum atomic E-state index is 14.1. The molecule has 0 spiro atoms. The van der Waals surface area contributed by atoms with Crippen molar-refractivity contribution >= 4 is 53.9 Å². The Kier molecular flexibility index (Phi) is 8.39. The Labute approximate surface area is 243 Å². The van der Waals surface area contributed by atoms with E-state index in [1.165, 1.54) is 36.1 Å². The normalized spacial score (nSPS) is 25.8. The van der Waals surface area contributed by atoms with E-state index in [1.807, 2.05) is 0 Å². The molecule has 0 bridgehead atoms. The molecule has 40 heavy (non-hydrogen) atoms. The zero-order valence-electron chi connectivity index (χ0n) is 23.6. The van der Waals surface area contributed by atoms with Gasteiger partial charge in [-0.3, -0.25) is 13.9 Å². The fraction of sp³-hybridized carbons (Fsp3) is 0.440. The first kappa shape index (κ1) is 27.3. The number of carbonyl (C=O) groups is 1. The minimum atomic E-state index is -4.51. The van der Waals surface area contributed by atoms with Crippen molar-refractivity contribution in [1.29, 1.82) is 0 Å². The van der Waals surface area contributed by atoms with E-state index in [0.717, 1.165) is 0 Å². The number of hydrogen-bond acceptors (Lipinski definition) is 11. The van der Waals surface area contributed by atoms with Crippen LogP contribution >= 0.6 is 30.8 Å². The van der Waals surface area contributed by atoms with Crippen molar-refractivity contribution in [3.05, 3.63) is 42.9 Å². The third kappa shape index (κ3) is 6.52. The summed E-state index contributed by atoms with van der Waals surface area (Å²) in [6.45, 7) is 1.72. The molecule has 1 fully saturated rings. The fourth-order valence-corrected chi connectivity index (χ4v) is 6.12. The van der Waals surface area contributed by atoms with Gasteiger partial charge in [-0.05, 0) is 37.6 Å². The van der Waals surface area contributed by atoms with Crippen LogP contribution in [0.2, 0.25) is 0 Å². The minimum absolute atomic E-state index is 0.0914. The lowest BCUT2D eigenvalue weighted by Gasteiger charge is -2.25. The fourth-order valence-electron chi connectivity index (χ4n) is 3.88. The number of benzene rings is 1. The molecule has 1 aromatic carbocycles. The lowest BCUT2D eigenvalue weighted by atomic mass is 9.99. The summed E-state index contributed by atoms with van der Waals surface area (Å²) in [5.74, 6) is 0.753. The van der Waals surface area contributed by atoms with Gasteiger partial charge < -0.3 is 24.8 Å². The average molecular weight is 614 g/mol. The number of fused-ring (bicyclic) bond motifs is 1. The van der Waals surface area contributed by atoms with Gasteiger partial charge in [0.1, 0.15) is 23.5 Å². The number of halogens is 2. The van der Waals surface area contributed by atoms with Crippen LogP contribution in [0.25, 0.3) is 11.2 Å². The summed E-state index contributed by atoms with van der Waals surface area (Å²) in [5.41, 5.74) is 6.18. The first-order valence-electron chi connectivity index (χ1n) is 13.0. The number of imidazole rings is 1. The van der Waals surface area contributed by atoms with Crippen molar-refractivity contribution < 1.29 is 35.7 Å². The van der Waals surface area contributed by atoms with E-state index >= 15 is 0 Å². The number of aromatic nitrogens is 4. The smallest absolute Gasteiger partial charge is 0.380 e. The number of ether oxygens (including phenoxy) is 2. The molecule has 0 radical (unpaired) electrons. The van der Waals surface area contributed by atoms with Crippen molar-refractivity contribution in [2.24, 2.45) is 5.92 Å². The van der Waals surface area contributed by atoms with Gasteiger partial charge in [0.2, 0.25) is 5.95 Å². The lowest BCUT2D eigenvalue weighted by Crippen LogP contribution is -2.41. The van der Waals surface area contributed by atoms with Gasteiger partial charge in [0.05, 0.1) is 40.0 Å². The standard InChI is InChI=1S/C25H28Cl2N5O7P/c1-15(2)37-22(34)16(3)13-40(35,39-17-7-5-4-6-8-17)36-12-19-20(33)25(27,9-10-26)23(38-19)32-14-30-18-11-29-24(28)31-21(18)32/h4-8,11,14-16,19-20,23,33H,12-13H2,1-3H3,(H2,28,29,31)/t16-,19-,20+,23-,25?,40+/m1/s1/i12D2. The third-order valence-electron chi connectivity index (χ3n) is 5.73. The molecular formula is C25H28Cl2N5O7P. The first-order chi connectivity index (χ1) is 19.7. The van der Waals surface area contributed by atoms with Gasteiger partial charge in [-0.2, -0.15) is 4.98 Å². The molecule has 3 heterocycles. The van der Waals surface area contributed by atoms with Gasteiger partial charge >= 0.3 is 13.6 Å². The topological polar surface area (TPSA) is 161 Å². The third-order valence-corrected chi connectivity index (χ3v) is 8.19. The predicted molar refractivity (Wildman–Crippen MR) is 148 cm³/mol. The van der Waals surface area contributed by atoms with E-state index in [0.29, 0.717) is 5.52 Å². The highest BCUT2D eigenvalue weighted by Gasteiger charge is 2.56.